The summed E-state index contributed by atoms with van der Waals surface area (Å²) in [4.78, 5) is 2.38. The largest absolute Gasteiger partial charge is 0.384 e. The molecule has 2 N–H and O–H groups in total. The van der Waals surface area contributed by atoms with Crippen LogP contribution in [0.15, 0.2) is 18.2 Å². The van der Waals surface area contributed by atoms with E-state index in [9.17, 15) is 4.39 Å². The zero-order valence-corrected chi connectivity index (χ0v) is 11.6. The quantitative estimate of drug-likeness (QED) is 0.887. The van der Waals surface area contributed by atoms with Crippen LogP contribution in [0.5, 0.6) is 0 Å². The number of hydrogen-bond acceptors (Lipinski definition) is 3. The molecule has 0 spiro atoms. The highest BCUT2D eigenvalue weighted by molar-refractivity contribution is 5.24. The van der Waals surface area contributed by atoms with Gasteiger partial charge in [-0.15, -0.1) is 0 Å². The van der Waals surface area contributed by atoms with E-state index in [1.54, 1.807) is 13.2 Å². The van der Waals surface area contributed by atoms with Crippen molar-refractivity contribution in [1.29, 1.82) is 0 Å². The third-order valence-corrected chi connectivity index (χ3v) is 3.77. The number of likely N-dealkylation sites (tertiary alicyclic amines) is 1. The van der Waals surface area contributed by atoms with Gasteiger partial charge < -0.3 is 10.5 Å². The molecule has 0 aromatic heterocycles. The third kappa shape index (κ3) is 4.27. The number of nitrogens with zero attached hydrogens (tertiary/aromatic N) is 1. The Kier molecular flexibility index (Phi) is 5.31. The normalized spacial score (nSPS) is 17.8. The average molecular weight is 266 g/mol. The predicted octanol–water partition coefficient (Wildman–Crippen LogP) is 2.14. The van der Waals surface area contributed by atoms with E-state index >= 15 is 0 Å². The average Bonchev–Trinajstić information content (AvgIpc) is 2.40. The van der Waals surface area contributed by atoms with E-state index in [0.717, 1.165) is 50.2 Å². The molecule has 3 nitrogen and oxygen atoms in total. The number of benzene rings is 1. The first-order valence-electron chi connectivity index (χ1n) is 6.91. The Morgan fingerprint density at radius 3 is 2.58 bits per heavy atom. The van der Waals surface area contributed by atoms with Crippen molar-refractivity contribution < 1.29 is 9.13 Å². The molecule has 1 fully saturated rings. The summed E-state index contributed by atoms with van der Waals surface area (Å²) >= 11 is 0. The summed E-state index contributed by atoms with van der Waals surface area (Å²) in [5.74, 6) is 0.487. The highest BCUT2D eigenvalue weighted by Crippen LogP contribution is 2.20. The molecule has 1 aromatic carbocycles. The maximum atomic E-state index is 13.4. The molecule has 4 heteroatoms. The Balaban J connectivity index is 1.90. The van der Waals surface area contributed by atoms with Crippen molar-refractivity contribution in [3.8, 4) is 0 Å². The molecule has 106 valence electrons. The monoisotopic (exact) mass is 266 g/mol. The first kappa shape index (κ1) is 14.4. The van der Waals surface area contributed by atoms with E-state index in [2.05, 4.69) is 4.90 Å². The molecule has 1 aliphatic heterocycles. The van der Waals surface area contributed by atoms with Crippen molar-refractivity contribution in [2.45, 2.75) is 25.9 Å². The second-order valence-electron chi connectivity index (χ2n) is 5.35. The molecule has 0 atom stereocenters. The van der Waals surface area contributed by atoms with Crippen LogP contribution in [0, 0.1) is 11.7 Å². The summed E-state index contributed by atoms with van der Waals surface area (Å²) in [6.45, 7) is 4.17. The standard InChI is InChI=1S/C15H23FN2O/c1-19-11-12-2-4-18(5-3-12)10-14-6-13(9-17)7-15(16)8-14/h6-8,12H,2-5,9-11,17H2,1H3. The molecular formula is C15H23FN2O. The molecule has 0 bridgehead atoms. The topological polar surface area (TPSA) is 38.5 Å². The van der Waals surface area contributed by atoms with Crippen molar-refractivity contribution in [2.24, 2.45) is 11.7 Å². The first-order chi connectivity index (χ1) is 9.21. The molecule has 0 unspecified atom stereocenters. The van der Waals surface area contributed by atoms with Crippen molar-refractivity contribution in [3.63, 3.8) is 0 Å². The van der Waals surface area contributed by atoms with E-state index in [4.69, 9.17) is 10.5 Å². The van der Waals surface area contributed by atoms with E-state index in [-0.39, 0.29) is 5.82 Å². The molecule has 1 saturated heterocycles. The van der Waals surface area contributed by atoms with Gasteiger partial charge in [-0.05, 0) is 55.1 Å². The molecule has 0 radical (unpaired) electrons. The second-order valence-corrected chi connectivity index (χ2v) is 5.35. The third-order valence-electron chi connectivity index (χ3n) is 3.77. The van der Waals surface area contributed by atoms with Gasteiger partial charge in [0.1, 0.15) is 5.82 Å². The lowest BCUT2D eigenvalue weighted by molar-refractivity contribution is 0.0968. The van der Waals surface area contributed by atoms with Gasteiger partial charge in [-0.25, -0.2) is 4.39 Å². The lowest BCUT2D eigenvalue weighted by Crippen LogP contribution is -2.34. The SMILES string of the molecule is COCC1CCN(Cc2cc(F)cc(CN)c2)CC1. The number of halogens is 1. The highest BCUT2D eigenvalue weighted by Gasteiger charge is 2.19. The Morgan fingerprint density at radius 1 is 1.26 bits per heavy atom. The molecule has 0 saturated carbocycles. The van der Waals surface area contributed by atoms with Gasteiger partial charge >= 0.3 is 0 Å². The second kappa shape index (κ2) is 6.98. The summed E-state index contributed by atoms with van der Waals surface area (Å²) < 4.78 is 18.6. The van der Waals surface area contributed by atoms with Crippen LogP contribution < -0.4 is 5.73 Å². The van der Waals surface area contributed by atoms with Gasteiger partial charge in [0.2, 0.25) is 0 Å². The zero-order chi connectivity index (χ0) is 13.7. The minimum absolute atomic E-state index is 0.188. The Hall–Kier alpha value is -0.970. The summed E-state index contributed by atoms with van der Waals surface area (Å²) in [5.41, 5.74) is 7.46. The smallest absolute Gasteiger partial charge is 0.123 e. The van der Waals surface area contributed by atoms with Crippen LogP contribution in [0.3, 0.4) is 0 Å². The lowest BCUT2D eigenvalue weighted by Gasteiger charge is -2.31. The van der Waals surface area contributed by atoms with Crippen molar-refractivity contribution in [1.82, 2.24) is 4.90 Å². The fourth-order valence-corrected chi connectivity index (χ4v) is 2.73. The maximum Gasteiger partial charge on any atom is 0.123 e. The van der Waals surface area contributed by atoms with Gasteiger partial charge in [0, 0.05) is 26.8 Å². The fraction of sp³-hybridized carbons (Fsp3) is 0.600. The van der Waals surface area contributed by atoms with Gasteiger partial charge in [-0.2, -0.15) is 0 Å². The minimum atomic E-state index is -0.188. The molecule has 19 heavy (non-hydrogen) atoms. The molecule has 2 rings (SSSR count). The van der Waals surface area contributed by atoms with Crippen LogP contribution >= 0.6 is 0 Å². The van der Waals surface area contributed by atoms with Crippen LogP contribution in [-0.4, -0.2) is 31.7 Å². The van der Waals surface area contributed by atoms with Gasteiger partial charge in [-0.1, -0.05) is 6.07 Å². The lowest BCUT2D eigenvalue weighted by atomic mass is 9.97. The fourth-order valence-electron chi connectivity index (χ4n) is 2.73. The van der Waals surface area contributed by atoms with Gasteiger partial charge in [0.25, 0.3) is 0 Å². The molecule has 1 heterocycles. The van der Waals surface area contributed by atoms with Gasteiger partial charge in [0.15, 0.2) is 0 Å². The van der Waals surface area contributed by atoms with Crippen LogP contribution in [-0.2, 0) is 17.8 Å². The Morgan fingerprint density at radius 2 is 1.95 bits per heavy atom. The molecule has 0 aliphatic carbocycles. The number of ether oxygens (including phenoxy) is 1. The molecule has 1 aromatic rings. The summed E-state index contributed by atoms with van der Waals surface area (Å²) in [6, 6.07) is 5.12. The van der Waals surface area contributed by atoms with Crippen LogP contribution in [0.1, 0.15) is 24.0 Å². The van der Waals surface area contributed by atoms with E-state index in [1.165, 1.54) is 6.07 Å². The molecular weight excluding hydrogens is 243 g/mol. The first-order valence-corrected chi connectivity index (χ1v) is 6.91. The highest BCUT2D eigenvalue weighted by atomic mass is 19.1. The number of rotatable bonds is 5. The number of piperidine rings is 1. The van der Waals surface area contributed by atoms with Crippen molar-refractivity contribution in [2.75, 3.05) is 26.8 Å². The number of methoxy groups -OCH3 is 1. The Labute approximate surface area is 114 Å². The molecule has 1 aliphatic rings. The summed E-state index contributed by atoms with van der Waals surface area (Å²) in [7, 11) is 1.76. The minimum Gasteiger partial charge on any atom is -0.384 e. The van der Waals surface area contributed by atoms with E-state index < -0.39 is 0 Å². The van der Waals surface area contributed by atoms with Crippen LogP contribution in [0.4, 0.5) is 4.39 Å². The zero-order valence-electron chi connectivity index (χ0n) is 11.6. The van der Waals surface area contributed by atoms with Gasteiger partial charge in [-0.3, -0.25) is 4.90 Å². The van der Waals surface area contributed by atoms with Crippen molar-refractivity contribution in [3.05, 3.63) is 35.1 Å². The molecule has 0 amide bonds. The Bertz CT molecular complexity index is 403. The summed E-state index contributed by atoms with van der Waals surface area (Å²) in [6.07, 6.45) is 2.32. The van der Waals surface area contributed by atoms with Gasteiger partial charge in [0.05, 0.1) is 0 Å². The van der Waals surface area contributed by atoms with E-state index in [1.807, 2.05) is 6.07 Å². The predicted molar refractivity (Wildman–Crippen MR) is 74.2 cm³/mol. The van der Waals surface area contributed by atoms with E-state index in [0.29, 0.717) is 12.5 Å². The summed E-state index contributed by atoms with van der Waals surface area (Å²) in [5, 5.41) is 0. The van der Waals surface area contributed by atoms with Crippen LogP contribution in [0.2, 0.25) is 0 Å². The number of nitrogens with two attached hydrogens (primary N) is 1. The van der Waals surface area contributed by atoms with Crippen LogP contribution in [0.25, 0.3) is 0 Å². The maximum absolute atomic E-state index is 13.4. The number of hydrogen-bond donors (Lipinski definition) is 1. The van der Waals surface area contributed by atoms with Crippen molar-refractivity contribution >= 4 is 0 Å².